The fourth-order valence-corrected chi connectivity index (χ4v) is 2.27. The van der Waals surface area contributed by atoms with Gasteiger partial charge in [-0.05, 0) is 42.7 Å². The number of rotatable bonds is 2. The maximum absolute atomic E-state index is 12.2. The van der Waals surface area contributed by atoms with Gasteiger partial charge in [0.1, 0.15) is 0 Å². The molecule has 0 radical (unpaired) electrons. The van der Waals surface area contributed by atoms with Crippen LogP contribution in [0.15, 0.2) is 48.1 Å². The Kier molecular flexibility index (Phi) is 3.38. The van der Waals surface area contributed by atoms with Crippen molar-refractivity contribution in [2.75, 3.05) is 0 Å². The lowest BCUT2D eigenvalue weighted by Gasteiger charge is -2.28. The smallest absolute Gasteiger partial charge is 0.303 e. The average Bonchev–Trinajstić information content (AvgIpc) is 2.35. The molecular formula is C16H16O3. The summed E-state index contributed by atoms with van der Waals surface area (Å²) in [5.41, 5.74) is 1.26. The van der Waals surface area contributed by atoms with Crippen LogP contribution in [-0.4, -0.2) is 17.4 Å². The molecule has 1 aliphatic carbocycles. The first-order valence-electron chi connectivity index (χ1n) is 6.13. The highest BCUT2D eigenvalue weighted by molar-refractivity contribution is 6.09. The van der Waals surface area contributed by atoms with Gasteiger partial charge in [-0.3, -0.25) is 9.59 Å². The van der Waals surface area contributed by atoms with E-state index in [1.807, 2.05) is 36.4 Å². The zero-order chi connectivity index (χ0) is 14.0. The fourth-order valence-electron chi connectivity index (χ4n) is 2.27. The van der Waals surface area contributed by atoms with Crippen molar-refractivity contribution < 1.29 is 14.3 Å². The molecule has 0 saturated heterocycles. The van der Waals surface area contributed by atoms with Crippen molar-refractivity contribution in [3.05, 3.63) is 53.6 Å². The Labute approximate surface area is 112 Å². The van der Waals surface area contributed by atoms with Gasteiger partial charge < -0.3 is 4.74 Å². The second kappa shape index (κ2) is 4.84. The number of hydrogen-bond donors (Lipinski definition) is 0. The standard InChI is InChI=1S/C16H16O3/c1-11-9-14(13-7-5-4-6-8-13)10-16(3,15(11)18)19-12(2)17/h4-10H,1-3H3. The lowest BCUT2D eigenvalue weighted by molar-refractivity contribution is -0.157. The molecule has 0 spiro atoms. The molecule has 1 atom stereocenters. The lowest BCUT2D eigenvalue weighted by atomic mass is 9.84. The SMILES string of the molecule is CC(=O)OC1(C)C=C(c2ccccc2)C=C(C)C1=O. The summed E-state index contributed by atoms with van der Waals surface area (Å²) >= 11 is 0. The van der Waals surface area contributed by atoms with E-state index in [-0.39, 0.29) is 5.78 Å². The third-order valence-corrected chi connectivity index (χ3v) is 3.07. The molecule has 98 valence electrons. The zero-order valence-electron chi connectivity index (χ0n) is 11.3. The van der Waals surface area contributed by atoms with Gasteiger partial charge in [-0.1, -0.05) is 30.3 Å². The molecule has 0 amide bonds. The first-order valence-corrected chi connectivity index (χ1v) is 6.13. The normalized spacial score (nSPS) is 22.6. The molecule has 1 aromatic rings. The third kappa shape index (κ3) is 2.65. The highest BCUT2D eigenvalue weighted by Crippen LogP contribution is 2.31. The summed E-state index contributed by atoms with van der Waals surface area (Å²) in [5, 5.41) is 0. The molecule has 1 aromatic carbocycles. The van der Waals surface area contributed by atoms with Crippen LogP contribution in [-0.2, 0) is 14.3 Å². The van der Waals surface area contributed by atoms with Gasteiger partial charge in [0.2, 0.25) is 5.78 Å². The second-order valence-corrected chi connectivity index (χ2v) is 4.82. The van der Waals surface area contributed by atoms with E-state index in [0.717, 1.165) is 11.1 Å². The zero-order valence-corrected chi connectivity index (χ0v) is 11.3. The minimum Gasteiger partial charge on any atom is -0.447 e. The number of hydrogen-bond acceptors (Lipinski definition) is 3. The Morgan fingerprint density at radius 2 is 1.84 bits per heavy atom. The van der Waals surface area contributed by atoms with Crippen molar-refractivity contribution in [2.24, 2.45) is 0 Å². The molecule has 1 unspecified atom stereocenters. The van der Waals surface area contributed by atoms with Crippen molar-refractivity contribution in [2.45, 2.75) is 26.4 Å². The van der Waals surface area contributed by atoms with E-state index in [4.69, 9.17) is 4.74 Å². The van der Waals surface area contributed by atoms with E-state index in [0.29, 0.717) is 5.57 Å². The average molecular weight is 256 g/mol. The van der Waals surface area contributed by atoms with Crippen molar-refractivity contribution in [1.29, 1.82) is 0 Å². The van der Waals surface area contributed by atoms with Gasteiger partial charge in [0, 0.05) is 6.92 Å². The summed E-state index contributed by atoms with van der Waals surface area (Å²) < 4.78 is 5.21. The van der Waals surface area contributed by atoms with Crippen LogP contribution in [0, 0.1) is 0 Å². The maximum Gasteiger partial charge on any atom is 0.303 e. The monoisotopic (exact) mass is 256 g/mol. The number of allylic oxidation sites excluding steroid dienone is 2. The van der Waals surface area contributed by atoms with Crippen LogP contribution in [0.2, 0.25) is 0 Å². The molecule has 3 nitrogen and oxygen atoms in total. The number of ketones is 1. The molecule has 0 heterocycles. The van der Waals surface area contributed by atoms with Gasteiger partial charge in [0.25, 0.3) is 0 Å². The van der Waals surface area contributed by atoms with E-state index in [9.17, 15) is 9.59 Å². The molecule has 0 fully saturated rings. The quantitative estimate of drug-likeness (QED) is 0.764. The van der Waals surface area contributed by atoms with Crippen LogP contribution in [0.1, 0.15) is 26.3 Å². The molecule has 0 aliphatic heterocycles. The summed E-state index contributed by atoms with van der Waals surface area (Å²) in [4.78, 5) is 23.4. The van der Waals surface area contributed by atoms with Gasteiger partial charge in [0.05, 0.1) is 0 Å². The second-order valence-electron chi connectivity index (χ2n) is 4.82. The summed E-state index contributed by atoms with van der Waals surface area (Å²) in [7, 11) is 0. The van der Waals surface area contributed by atoms with Crippen molar-refractivity contribution in [1.82, 2.24) is 0 Å². The van der Waals surface area contributed by atoms with Gasteiger partial charge in [-0.15, -0.1) is 0 Å². The topological polar surface area (TPSA) is 43.4 Å². The van der Waals surface area contributed by atoms with Crippen molar-refractivity contribution in [3.63, 3.8) is 0 Å². The minimum atomic E-state index is -1.21. The Morgan fingerprint density at radius 1 is 1.21 bits per heavy atom. The van der Waals surface area contributed by atoms with Crippen LogP contribution < -0.4 is 0 Å². The predicted octanol–water partition coefficient (Wildman–Crippen LogP) is 2.92. The Hall–Kier alpha value is -2.16. The summed E-state index contributed by atoms with van der Waals surface area (Å²) in [6.45, 7) is 4.67. The lowest BCUT2D eigenvalue weighted by Crippen LogP contribution is -2.40. The van der Waals surface area contributed by atoms with Crippen molar-refractivity contribution >= 4 is 17.3 Å². The summed E-state index contributed by atoms with van der Waals surface area (Å²) in [6, 6.07) is 9.71. The molecule has 0 bridgehead atoms. The molecular weight excluding hydrogens is 240 g/mol. The maximum atomic E-state index is 12.2. The third-order valence-electron chi connectivity index (χ3n) is 3.07. The van der Waals surface area contributed by atoms with Crippen LogP contribution >= 0.6 is 0 Å². The number of esters is 1. The summed E-state index contributed by atoms with van der Waals surface area (Å²) in [5.74, 6) is -0.642. The molecule has 1 aliphatic rings. The van der Waals surface area contributed by atoms with E-state index in [1.54, 1.807) is 19.9 Å². The molecule has 19 heavy (non-hydrogen) atoms. The fraction of sp³-hybridized carbons (Fsp3) is 0.250. The molecule has 2 rings (SSSR count). The van der Waals surface area contributed by atoms with E-state index < -0.39 is 11.6 Å². The van der Waals surface area contributed by atoms with Crippen molar-refractivity contribution in [3.8, 4) is 0 Å². The number of benzene rings is 1. The van der Waals surface area contributed by atoms with Gasteiger partial charge in [-0.25, -0.2) is 0 Å². The molecule has 0 aromatic heterocycles. The molecule has 0 N–H and O–H groups in total. The largest absolute Gasteiger partial charge is 0.447 e. The van der Waals surface area contributed by atoms with Gasteiger partial charge in [-0.2, -0.15) is 0 Å². The number of carbonyl (C=O) groups is 2. The highest BCUT2D eigenvalue weighted by atomic mass is 16.6. The van der Waals surface area contributed by atoms with Crippen LogP contribution in [0.5, 0.6) is 0 Å². The van der Waals surface area contributed by atoms with Crippen LogP contribution in [0.25, 0.3) is 5.57 Å². The van der Waals surface area contributed by atoms with Crippen LogP contribution in [0.4, 0.5) is 0 Å². The highest BCUT2D eigenvalue weighted by Gasteiger charge is 2.38. The number of Topliss-reactive ketones (excluding diaryl/α,β-unsaturated/α-hetero) is 1. The Balaban J connectivity index is 2.47. The van der Waals surface area contributed by atoms with Crippen LogP contribution in [0.3, 0.4) is 0 Å². The summed E-state index contributed by atoms with van der Waals surface area (Å²) in [6.07, 6.45) is 3.53. The van der Waals surface area contributed by atoms with E-state index >= 15 is 0 Å². The van der Waals surface area contributed by atoms with E-state index in [2.05, 4.69) is 0 Å². The minimum absolute atomic E-state index is 0.178. The number of ether oxygens (including phenoxy) is 1. The molecule has 3 heteroatoms. The first kappa shape index (κ1) is 13.3. The Bertz CT molecular complexity index is 581. The van der Waals surface area contributed by atoms with Gasteiger partial charge in [0.15, 0.2) is 5.60 Å². The molecule has 0 saturated carbocycles. The first-order chi connectivity index (χ1) is 8.92. The van der Waals surface area contributed by atoms with E-state index in [1.165, 1.54) is 6.92 Å². The number of carbonyl (C=O) groups excluding carboxylic acids is 2. The van der Waals surface area contributed by atoms with Gasteiger partial charge >= 0.3 is 5.97 Å². The predicted molar refractivity (Wildman–Crippen MR) is 73.4 cm³/mol. The Morgan fingerprint density at radius 3 is 2.42 bits per heavy atom.